The van der Waals surface area contributed by atoms with Crippen LogP contribution in [0.5, 0.6) is 0 Å². The highest BCUT2D eigenvalue weighted by molar-refractivity contribution is 5.30. The van der Waals surface area contributed by atoms with Crippen LogP contribution >= 0.6 is 0 Å². The lowest BCUT2D eigenvalue weighted by atomic mass is 10.1. The van der Waals surface area contributed by atoms with Crippen molar-refractivity contribution in [2.24, 2.45) is 0 Å². The molecule has 1 rings (SSSR count). The summed E-state index contributed by atoms with van der Waals surface area (Å²) in [5.41, 5.74) is 4.02. The van der Waals surface area contributed by atoms with Gasteiger partial charge in [0.2, 0.25) is 0 Å². The average Bonchev–Trinajstić information content (AvgIpc) is 2.27. The fraction of sp³-hybridized carbons (Fsp3) is 0.571. The highest BCUT2D eigenvalue weighted by Crippen LogP contribution is 2.10. The van der Waals surface area contributed by atoms with Gasteiger partial charge in [-0.1, -0.05) is 23.8 Å². The number of rotatable bonds is 6. The molecule has 0 aromatic heterocycles. The van der Waals surface area contributed by atoms with Gasteiger partial charge in [-0.25, -0.2) is 0 Å². The fourth-order valence-corrected chi connectivity index (χ4v) is 1.77. The van der Waals surface area contributed by atoms with Gasteiger partial charge < -0.3 is 10.4 Å². The molecule has 90 valence electrons. The van der Waals surface area contributed by atoms with Crippen LogP contribution in [0.2, 0.25) is 0 Å². The van der Waals surface area contributed by atoms with Crippen molar-refractivity contribution in [2.45, 2.75) is 46.2 Å². The van der Waals surface area contributed by atoms with Crippen molar-refractivity contribution in [1.82, 2.24) is 5.32 Å². The predicted octanol–water partition coefficient (Wildman–Crippen LogP) is 2.55. The zero-order valence-corrected chi connectivity index (χ0v) is 10.6. The molecule has 1 atom stereocenters. The van der Waals surface area contributed by atoms with Gasteiger partial charge in [0.1, 0.15) is 0 Å². The monoisotopic (exact) mass is 221 g/mol. The van der Waals surface area contributed by atoms with E-state index in [-0.39, 0.29) is 6.61 Å². The van der Waals surface area contributed by atoms with Crippen molar-refractivity contribution < 1.29 is 5.11 Å². The standard InChI is InChI=1S/C14H23NO/c1-11-6-7-12(2)14(9-11)10-15-13(3)5-4-8-16/h6-7,9,13,15-16H,4-5,8,10H2,1-3H3. The number of nitrogens with one attached hydrogen (secondary N) is 1. The maximum Gasteiger partial charge on any atom is 0.0431 e. The summed E-state index contributed by atoms with van der Waals surface area (Å²) in [5.74, 6) is 0. The molecule has 2 nitrogen and oxygen atoms in total. The second-order valence-electron chi connectivity index (χ2n) is 4.58. The lowest BCUT2D eigenvalue weighted by Gasteiger charge is -2.14. The Morgan fingerprint density at radius 2 is 2.06 bits per heavy atom. The maximum atomic E-state index is 8.75. The molecule has 0 heterocycles. The summed E-state index contributed by atoms with van der Waals surface area (Å²) in [6.45, 7) is 7.64. The summed E-state index contributed by atoms with van der Waals surface area (Å²) in [6.07, 6.45) is 1.91. The Hall–Kier alpha value is -0.860. The van der Waals surface area contributed by atoms with E-state index in [1.807, 2.05) is 0 Å². The van der Waals surface area contributed by atoms with Crippen molar-refractivity contribution in [3.05, 3.63) is 34.9 Å². The first-order chi connectivity index (χ1) is 7.63. The quantitative estimate of drug-likeness (QED) is 0.773. The Kier molecular flexibility index (Phi) is 5.50. The van der Waals surface area contributed by atoms with E-state index in [9.17, 15) is 0 Å². The van der Waals surface area contributed by atoms with Gasteiger partial charge in [0, 0.05) is 19.2 Å². The molecule has 2 heteroatoms. The van der Waals surface area contributed by atoms with Gasteiger partial charge >= 0.3 is 0 Å². The van der Waals surface area contributed by atoms with Crippen molar-refractivity contribution in [1.29, 1.82) is 0 Å². The lowest BCUT2D eigenvalue weighted by Crippen LogP contribution is -2.26. The maximum absolute atomic E-state index is 8.75. The van der Waals surface area contributed by atoms with Crippen LogP contribution in [0.25, 0.3) is 0 Å². The molecule has 1 aromatic carbocycles. The summed E-state index contributed by atoms with van der Waals surface area (Å²) in [6, 6.07) is 7.02. The van der Waals surface area contributed by atoms with Crippen LogP contribution in [-0.4, -0.2) is 17.8 Å². The van der Waals surface area contributed by atoms with E-state index in [0.29, 0.717) is 6.04 Å². The number of benzene rings is 1. The molecular weight excluding hydrogens is 198 g/mol. The first-order valence-electron chi connectivity index (χ1n) is 6.04. The topological polar surface area (TPSA) is 32.3 Å². The average molecular weight is 221 g/mol. The minimum Gasteiger partial charge on any atom is -0.396 e. The molecule has 0 radical (unpaired) electrons. The Bertz CT molecular complexity index is 323. The minimum atomic E-state index is 0.287. The van der Waals surface area contributed by atoms with E-state index in [1.165, 1.54) is 16.7 Å². The van der Waals surface area contributed by atoms with Gasteiger partial charge in [0.05, 0.1) is 0 Å². The number of aryl methyl sites for hydroxylation is 2. The van der Waals surface area contributed by atoms with E-state index < -0.39 is 0 Å². The molecule has 0 saturated heterocycles. The van der Waals surface area contributed by atoms with Crippen LogP contribution < -0.4 is 5.32 Å². The molecular formula is C14H23NO. The summed E-state index contributed by atoms with van der Waals surface area (Å²) < 4.78 is 0. The Labute approximate surface area is 98.7 Å². The largest absolute Gasteiger partial charge is 0.396 e. The molecule has 0 aliphatic carbocycles. The zero-order chi connectivity index (χ0) is 12.0. The van der Waals surface area contributed by atoms with E-state index in [2.05, 4.69) is 44.3 Å². The first kappa shape index (κ1) is 13.2. The molecule has 1 unspecified atom stereocenters. The summed E-state index contributed by atoms with van der Waals surface area (Å²) >= 11 is 0. The van der Waals surface area contributed by atoms with Gasteiger partial charge in [-0.3, -0.25) is 0 Å². The first-order valence-corrected chi connectivity index (χ1v) is 6.04. The van der Waals surface area contributed by atoms with Crippen LogP contribution in [0.4, 0.5) is 0 Å². The van der Waals surface area contributed by atoms with Gasteiger partial charge in [0.25, 0.3) is 0 Å². The van der Waals surface area contributed by atoms with Gasteiger partial charge in [-0.05, 0) is 44.7 Å². The second kappa shape index (κ2) is 6.66. The van der Waals surface area contributed by atoms with Crippen LogP contribution in [0.1, 0.15) is 36.5 Å². The van der Waals surface area contributed by atoms with Crippen molar-refractivity contribution in [2.75, 3.05) is 6.61 Å². The SMILES string of the molecule is Cc1ccc(C)c(CNC(C)CCCO)c1. The van der Waals surface area contributed by atoms with E-state index in [0.717, 1.165) is 19.4 Å². The predicted molar refractivity (Wildman–Crippen MR) is 68.5 cm³/mol. The Morgan fingerprint density at radius 1 is 1.31 bits per heavy atom. The van der Waals surface area contributed by atoms with Crippen molar-refractivity contribution >= 4 is 0 Å². The third kappa shape index (κ3) is 4.33. The highest BCUT2D eigenvalue weighted by Gasteiger charge is 2.03. The molecule has 0 aliphatic heterocycles. The third-order valence-corrected chi connectivity index (χ3v) is 2.94. The molecule has 2 N–H and O–H groups in total. The molecule has 0 amide bonds. The van der Waals surface area contributed by atoms with Gasteiger partial charge in [0.15, 0.2) is 0 Å². The molecule has 0 fully saturated rings. The van der Waals surface area contributed by atoms with Crippen molar-refractivity contribution in [3.63, 3.8) is 0 Å². The summed E-state index contributed by atoms with van der Waals surface area (Å²) in [4.78, 5) is 0. The zero-order valence-electron chi connectivity index (χ0n) is 10.6. The van der Waals surface area contributed by atoms with E-state index >= 15 is 0 Å². The second-order valence-corrected chi connectivity index (χ2v) is 4.58. The Morgan fingerprint density at radius 3 is 2.75 bits per heavy atom. The van der Waals surface area contributed by atoms with E-state index in [4.69, 9.17) is 5.11 Å². The number of aliphatic hydroxyl groups is 1. The summed E-state index contributed by atoms with van der Waals surface area (Å²) in [7, 11) is 0. The number of hydrogen-bond donors (Lipinski definition) is 2. The number of hydrogen-bond acceptors (Lipinski definition) is 2. The Balaban J connectivity index is 2.44. The number of aliphatic hydroxyl groups excluding tert-OH is 1. The highest BCUT2D eigenvalue weighted by atomic mass is 16.2. The van der Waals surface area contributed by atoms with Crippen LogP contribution in [0.3, 0.4) is 0 Å². The summed E-state index contributed by atoms with van der Waals surface area (Å²) in [5, 5.41) is 12.2. The van der Waals surface area contributed by atoms with Gasteiger partial charge in [-0.15, -0.1) is 0 Å². The molecule has 16 heavy (non-hydrogen) atoms. The molecule has 0 saturated carbocycles. The van der Waals surface area contributed by atoms with Crippen molar-refractivity contribution in [3.8, 4) is 0 Å². The normalized spacial score (nSPS) is 12.8. The smallest absolute Gasteiger partial charge is 0.0431 e. The molecule has 1 aromatic rings. The van der Waals surface area contributed by atoms with Crippen LogP contribution in [0, 0.1) is 13.8 Å². The lowest BCUT2D eigenvalue weighted by molar-refractivity contribution is 0.276. The minimum absolute atomic E-state index is 0.287. The fourth-order valence-electron chi connectivity index (χ4n) is 1.77. The molecule has 0 aliphatic rings. The molecule has 0 bridgehead atoms. The third-order valence-electron chi connectivity index (χ3n) is 2.94. The molecule has 0 spiro atoms. The van der Waals surface area contributed by atoms with Crippen LogP contribution in [0.15, 0.2) is 18.2 Å². The van der Waals surface area contributed by atoms with E-state index in [1.54, 1.807) is 0 Å². The van der Waals surface area contributed by atoms with Gasteiger partial charge in [-0.2, -0.15) is 0 Å². The van der Waals surface area contributed by atoms with Crippen LogP contribution in [-0.2, 0) is 6.54 Å².